The quantitative estimate of drug-likeness (QED) is 0.589. The van der Waals surface area contributed by atoms with E-state index in [1.807, 2.05) is 0 Å². The van der Waals surface area contributed by atoms with Gasteiger partial charge in [0.2, 0.25) is 5.91 Å². The highest BCUT2D eigenvalue weighted by Crippen LogP contribution is 2.34. The zero-order valence-corrected chi connectivity index (χ0v) is 13.0. The summed E-state index contributed by atoms with van der Waals surface area (Å²) in [4.78, 5) is 36.7. The molecular formula is C14H21N3O6. The number of hydrogen-bond acceptors (Lipinski definition) is 6. The fourth-order valence-corrected chi connectivity index (χ4v) is 2.71. The number of aliphatic hydroxyl groups is 1. The lowest BCUT2D eigenvalue weighted by Crippen LogP contribution is -2.41. The van der Waals surface area contributed by atoms with Crippen molar-refractivity contribution in [3.8, 4) is 0 Å². The Morgan fingerprint density at radius 2 is 2.26 bits per heavy atom. The molecule has 0 radical (unpaired) electrons. The molecule has 3 N–H and O–H groups in total. The first kappa shape index (κ1) is 17.4. The number of hydrogen-bond donors (Lipinski definition) is 3. The molecule has 0 aliphatic carbocycles. The Bertz CT molecular complexity index is 654. The van der Waals surface area contributed by atoms with E-state index in [9.17, 15) is 19.5 Å². The smallest absolute Gasteiger partial charge is 0.330 e. The molecule has 9 nitrogen and oxygen atoms in total. The van der Waals surface area contributed by atoms with E-state index in [-0.39, 0.29) is 25.0 Å². The number of aliphatic hydroxyl groups excluding tert-OH is 1. The fraction of sp³-hybridized carbons (Fsp3) is 0.643. The minimum absolute atomic E-state index is 0.124. The normalized spacial score (nSPS) is 27.1. The number of carbonyl (C=O) groups excluding carboxylic acids is 1. The summed E-state index contributed by atoms with van der Waals surface area (Å²) in [5.74, 6) is -0.453. The van der Waals surface area contributed by atoms with Crippen molar-refractivity contribution in [1.82, 2.24) is 14.9 Å². The van der Waals surface area contributed by atoms with Crippen molar-refractivity contribution in [3.05, 3.63) is 33.1 Å². The van der Waals surface area contributed by atoms with E-state index in [4.69, 9.17) is 9.47 Å². The summed E-state index contributed by atoms with van der Waals surface area (Å²) < 4.78 is 12.4. The molecule has 1 aromatic heterocycles. The van der Waals surface area contributed by atoms with Gasteiger partial charge in [0.15, 0.2) is 6.23 Å². The van der Waals surface area contributed by atoms with E-state index < -0.39 is 29.7 Å². The molecule has 0 spiro atoms. The Kier molecular flexibility index (Phi) is 5.69. The van der Waals surface area contributed by atoms with Crippen LogP contribution in [0.25, 0.3) is 0 Å². The Labute approximate surface area is 132 Å². The van der Waals surface area contributed by atoms with E-state index in [0.29, 0.717) is 6.42 Å². The summed E-state index contributed by atoms with van der Waals surface area (Å²) >= 11 is 0. The number of nitrogens with zero attached hydrogens (tertiary/aromatic N) is 1. The van der Waals surface area contributed by atoms with E-state index in [1.165, 1.54) is 23.9 Å². The minimum atomic E-state index is -0.801. The van der Waals surface area contributed by atoms with Crippen molar-refractivity contribution in [2.75, 3.05) is 20.3 Å². The standard InChI is InChI=1S/C14H21N3O6/c1-3-10(19)15-6-8-9(7-18)23-13(12(8)22-2)17-5-4-11(20)16-14(17)21/h4-5,8-9,12-13,18H,3,6-7H2,1-2H3,(H,15,19)(H,16,20,21)/t8-,9-,12-,13-/m1/s1. The van der Waals surface area contributed by atoms with Crippen LogP contribution < -0.4 is 16.6 Å². The van der Waals surface area contributed by atoms with Crippen LogP contribution in [0.1, 0.15) is 19.6 Å². The van der Waals surface area contributed by atoms with Crippen LogP contribution in [-0.2, 0) is 14.3 Å². The molecule has 0 aromatic carbocycles. The lowest BCUT2D eigenvalue weighted by Gasteiger charge is -2.23. The molecule has 4 atom stereocenters. The molecule has 1 aliphatic rings. The summed E-state index contributed by atoms with van der Waals surface area (Å²) in [5, 5.41) is 12.3. The molecule has 1 saturated heterocycles. The molecule has 1 aliphatic heterocycles. The van der Waals surface area contributed by atoms with Crippen molar-refractivity contribution in [2.24, 2.45) is 5.92 Å². The van der Waals surface area contributed by atoms with Crippen LogP contribution in [0, 0.1) is 5.92 Å². The first-order valence-electron chi connectivity index (χ1n) is 7.39. The predicted octanol–water partition coefficient (Wildman–Crippen LogP) is -1.42. The van der Waals surface area contributed by atoms with Gasteiger partial charge in [-0.2, -0.15) is 0 Å². The third-order valence-corrected chi connectivity index (χ3v) is 3.93. The van der Waals surface area contributed by atoms with Gasteiger partial charge in [-0.05, 0) is 0 Å². The summed E-state index contributed by atoms with van der Waals surface area (Å²) in [7, 11) is 1.46. The summed E-state index contributed by atoms with van der Waals surface area (Å²) in [6.45, 7) is 1.71. The minimum Gasteiger partial charge on any atom is -0.394 e. The molecule has 1 amide bonds. The highest BCUT2D eigenvalue weighted by atomic mass is 16.6. The van der Waals surface area contributed by atoms with Gasteiger partial charge in [-0.3, -0.25) is 19.1 Å². The number of aromatic nitrogens is 2. The fourth-order valence-electron chi connectivity index (χ4n) is 2.71. The summed E-state index contributed by atoms with van der Waals surface area (Å²) in [6, 6.07) is 1.21. The third-order valence-electron chi connectivity index (χ3n) is 3.93. The van der Waals surface area contributed by atoms with Gasteiger partial charge in [-0.25, -0.2) is 4.79 Å². The first-order valence-corrected chi connectivity index (χ1v) is 7.39. The van der Waals surface area contributed by atoms with Gasteiger partial charge in [-0.15, -0.1) is 0 Å². The van der Waals surface area contributed by atoms with Gasteiger partial charge in [0, 0.05) is 38.3 Å². The second-order valence-electron chi connectivity index (χ2n) is 5.29. The number of nitrogens with one attached hydrogen (secondary N) is 2. The van der Waals surface area contributed by atoms with Crippen molar-refractivity contribution >= 4 is 5.91 Å². The maximum absolute atomic E-state index is 11.9. The number of amides is 1. The lowest BCUT2D eigenvalue weighted by atomic mass is 9.98. The Balaban J connectivity index is 2.26. The van der Waals surface area contributed by atoms with Crippen molar-refractivity contribution < 1.29 is 19.4 Å². The second-order valence-corrected chi connectivity index (χ2v) is 5.29. The SMILES string of the molecule is CCC(=O)NC[C@H]1[C@@H](OC)[C@H](n2ccc(=O)[nH]c2=O)O[C@@H]1CO. The van der Waals surface area contributed by atoms with E-state index in [0.717, 1.165) is 0 Å². The molecule has 0 bridgehead atoms. The van der Waals surface area contributed by atoms with Gasteiger partial charge < -0.3 is 19.9 Å². The van der Waals surface area contributed by atoms with E-state index in [2.05, 4.69) is 10.3 Å². The number of rotatable bonds is 6. The molecule has 0 unspecified atom stereocenters. The lowest BCUT2D eigenvalue weighted by molar-refractivity contribution is -0.121. The number of ether oxygens (including phenoxy) is 2. The molecule has 9 heteroatoms. The average molecular weight is 327 g/mol. The number of carbonyl (C=O) groups is 1. The highest BCUT2D eigenvalue weighted by Gasteiger charge is 2.45. The van der Waals surface area contributed by atoms with Gasteiger partial charge in [0.25, 0.3) is 5.56 Å². The second kappa shape index (κ2) is 7.53. The summed E-state index contributed by atoms with van der Waals surface area (Å²) in [5.41, 5.74) is -1.14. The van der Waals surface area contributed by atoms with E-state index in [1.54, 1.807) is 6.92 Å². The average Bonchev–Trinajstić information content (AvgIpc) is 2.89. The Hall–Kier alpha value is -1.97. The predicted molar refractivity (Wildman–Crippen MR) is 79.9 cm³/mol. The highest BCUT2D eigenvalue weighted by molar-refractivity contribution is 5.75. The van der Waals surface area contributed by atoms with Crippen molar-refractivity contribution in [2.45, 2.75) is 31.8 Å². The summed E-state index contributed by atoms with van der Waals surface area (Å²) in [6.07, 6.45) is -0.296. The zero-order chi connectivity index (χ0) is 17.0. The Morgan fingerprint density at radius 1 is 1.52 bits per heavy atom. The topological polar surface area (TPSA) is 123 Å². The van der Waals surface area contributed by atoms with Crippen LogP contribution in [0.2, 0.25) is 0 Å². The van der Waals surface area contributed by atoms with Crippen LogP contribution >= 0.6 is 0 Å². The molecule has 128 valence electrons. The molecule has 2 rings (SSSR count). The van der Waals surface area contributed by atoms with Gasteiger partial charge >= 0.3 is 5.69 Å². The largest absolute Gasteiger partial charge is 0.394 e. The monoisotopic (exact) mass is 327 g/mol. The molecule has 2 heterocycles. The van der Waals surface area contributed by atoms with Crippen LogP contribution in [0.15, 0.2) is 21.9 Å². The van der Waals surface area contributed by atoms with Crippen molar-refractivity contribution in [1.29, 1.82) is 0 Å². The van der Waals surface area contributed by atoms with Gasteiger partial charge in [0.1, 0.15) is 6.10 Å². The first-order chi connectivity index (χ1) is 11.0. The number of H-pyrrole nitrogens is 1. The Morgan fingerprint density at radius 3 is 2.83 bits per heavy atom. The molecule has 23 heavy (non-hydrogen) atoms. The zero-order valence-electron chi connectivity index (χ0n) is 13.0. The maximum atomic E-state index is 11.9. The van der Waals surface area contributed by atoms with Crippen LogP contribution in [0.5, 0.6) is 0 Å². The molecule has 0 saturated carbocycles. The molecule has 1 fully saturated rings. The van der Waals surface area contributed by atoms with Crippen LogP contribution in [-0.4, -0.2) is 53.0 Å². The maximum Gasteiger partial charge on any atom is 0.330 e. The third kappa shape index (κ3) is 3.69. The molecule has 1 aromatic rings. The number of aromatic amines is 1. The van der Waals surface area contributed by atoms with Crippen LogP contribution in [0.3, 0.4) is 0 Å². The van der Waals surface area contributed by atoms with Gasteiger partial charge in [-0.1, -0.05) is 6.92 Å². The van der Waals surface area contributed by atoms with Crippen LogP contribution in [0.4, 0.5) is 0 Å². The van der Waals surface area contributed by atoms with E-state index >= 15 is 0 Å². The molecular weight excluding hydrogens is 306 g/mol. The van der Waals surface area contributed by atoms with Crippen molar-refractivity contribution in [3.63, 3.8) is 0 Å². The van der Waals surface area contributed by atoms with Gasteiger partial charge in [0.05, 0.1) is 12.7 Å². The number of methoxy groups -OCH3 is 1.